The zero-order valence-electron chi connectivity index (χ0n) is 12.3. The first kappa shape index (κ1) is 15.0. The summed E-state index contributed by atoms with van der Waals surface area (Å²) in [5, 5.41) is 0. The number of hydrogen-bond donors (Lipinski definition) is 2. The Hall–Kier alpha value is -2.40. The van der Waals surface area contributed by atoms with Crippen molar-refractivity contribution in [2.45, 2.75) is 20.4 Å². The molecule has 2 aromatic rings. The number of nitrogen functional groups attached to an aromatic ring is 1. The normalized spacial score (nSPS) is 10.2. The second-order valence-electron chi connectivity index (χ2n) is 4.83. The van der Waals surface area contributed by atoms with Crippen LogP contribution in [0.25, 0.3) is 0 Å². The number of nitrogens with one attached hydrogen (secondary N) is 1. The molecule has 0 atom stereocenters. The topological polar surface area (TPSA) is 71.2 Å². The van der Waals surface area contributed by atoms with E-state index >= 15 is 0 Å². The second kappa shape index (κ2) is 6.85. The number of benzene rings is 1. The van der Waals surface area contributed by atoms with Crippen LogP contribution in [0.3, 0.4) is 0 Å². The summed E-state index contributed by atoms with van der Waals surface area (Å²) in [6.45, 7) is 4.99. The van der Waals surface area contributed by atoms with Crippen LogP contribution >= 0.6 is 0 Å². The molecule has 21 heavy (non-hydrogen) atoms. The molecule has 1 heterocycles. The summed E-state index contributed by atoms with van der Waals surface area (Å²) >= 11 is 0. The Kier molecular flexibility index (Phi) is 4.90. The molecule has 0 saturated carbocycles. The van der Waals surface area contributed by atoms with Crippen LogP contribution in [0.2, 0.25) is 0 Å². The third-order valence-corrected chi connectivity index (χ3v) is 3.31. The van der Waals surface area contributed by atoms with E-state index in [2.05, 4.69) is 10.4 Å². The lowest BCUT2D eigenvalue weighted by Gasteiger charge is -2.22. The van der Waals surface area contributed by atoms with Crippen molar-refractivity contribution >= 4 is 11.6 Å². The van der Waals surface area contributed by atoms with Crippen LogP contribution in [0.15, 0.2) is 42.6 Å². The van der Waals surface area contributed by atoms with E-state index in [1.807, 2.05) is 44.2 Å². The summed E-state index contributed by atoms with van der Waals surface area (Å²) in [6.07, 6.45) is 1.73. The van der Waals surface area contributed by atoms with Gasteiger partial charge in [-0.3, -0.25) is 15.6 Å². The third-order valence-electron chi connectivity index (χ3n) is 3.31. The van der Waals surface area contributed by atoms with Crippen LogP contribution in [-0.4, -0.2) is 22.3 Å². The molecule has 1 aromatic heterocycles. The van der Waals surface area contributed by atoms with Crippen LogP contribution in [0.1, 0.15) is 28.5 Å². The Morgan fingerprint density at radius 2 is 2.14 bits per heavy atom. The van der Waals surface area contributed by atoms with Crippen LogP contribution in [0.5, 0.6) is 0 Å². The highest BCUT2D eigenvalue weighted by Crippen LogP contribution is 2.19. The average molecular weight is 284 g/mol. The summed E-state index contributed by atoms with van der Waals surface area (Å²) in [6, 6.07) is 11.3. The summed E-state index contributed by atoms with van der Waals surface area (Å²) < 4.78 is 0. The van der Waals surface area contributed by atoms with Gasteiger partial charge in [-0.05, 0) is 43.7 Å². The summed E-state index contributed by atoms with van der Waals surface area (Å²) in [7, 11) is 0. The Morgan fingerprint density at radius 3 is 2.76 bits per heavy atom. The minimum Gasteiger partial charge on any atom is -0.333 e. The molecule has 1 amide bonds. The van der Waals surface area contributed by atoms with Gasteiger partial charge >= 0.3 is 0 Å². The smallest absolute Gasteiger partial charge is 0.256 e. The molecule has 0 bridgehead atoms. The quantitative estimate of drug-likeness (QED) is 0.653. The largest absolute Gasteiger partial charge is 0.333 e. The van der Waals surface area contributed by atoms with E-state index in [1.54, 1.807) is 17.2 Å². The van der Waals surface area contributed by atoms with Crippen molar-refractivity contribution in [2.24, 2.45) is 5.84 Å². The minimum atomic E-state index is -0.0592. The lowest BCUT2D eigenvalue weighted by molar-refractivity contribution is 0.0751. The number of carbonyl (C=O) groups is 1. The van der Waals surface area contributed by atoms with Gasteiger partial charge in [-0.2, -0.15) is 0 Å². The van der Waals surface area contributed by atoms with Gasteiger partial charge in [-0.1, -0.05) is 12.1 Å². The van der Waals surface area contributed by atoms with Crippen molar-refractivity contribution < 1.29 is 4.79 Å². The second-order valence-corrected chi connectivity index (χ2v) is 4.83. The van der Waals surface area contributed by atoms with Gasteiger partial charge < -0.3 is 10.3 Å². The molecule has 0 unspecified atom stereocenters. The van der Waals surface area contributed by atoms with Gasteiger partial charge in [0, 0.05) is 12.7 Å². The number of nitrogens with zero attached hydrogens (tertiary/aromatic N) is 2. The molecule has 3 N–H and O–H groups in total. The average Bonchev–Trinajstić information content (AvgIpc) is 2.52. The number of carbonyl (C=O) groups excluding carboxylic acids is 1. The van der Waals surface area contributed by atoms with Crippen molar-refractivity contribution in [2.75, 3.05) is 12.0 Å². The third kappa shape index (κ3) is 3.58. The van der Waals surface area contributed by atoms with Gasteiger partial charge in [-0.15, -0.1) is 0 Å². The summed E-state index contributed by atoms with van der Waals surface area (Å²) in [5.74, 6) is 5.46. The molecular formula is C16H20N4O. The van der Waals surface area contributed by atoms with Gasteiger partial charge in [0.15, 0.2) is 0 Å². The molecule has 0 radical (unpaired) electrons. The molecule has 2 rings (SSSR count). The van der Waals surface area contributed by atoms with E-state index in [9.17, 15) is 4.79 Å². The number of pyridine rings is 1. The number of hydrazine groups is 1. The zero-order chi connectivity index (χ0) is 15.2. The molecule has 1 aromatic carbocycles. The van der Waals surface area contributed by atoms with Crippen molar-refractivity contribution in [3.05, 3.63) is 59.4 Å². The molecule has 0 aliphatic carbocycles. The van der Waals surface area contributed by atoms with Gasteiger partial charge in [0.1, 0.15) is 0 Å². The van der Waals surface area contributed by atoms with Crippen molar-refractivity contribution in [1.29, 1.82) is 0 Å². The summed E-state index contributed by atoms with van der Waals surface area (Å²) in [4.78, 5) is 18.7. The highest BCUT2D eigenvalue weighted by Gasteiger charge is 2.18. The van der Waals surface area contributed by atoms with E-state index in [0.717, 1.165) is 11.3 Å². The lowest BCUT2D eigenvalue weighted by atomic mass is 10.1. The zero-order valence-corrected chi connectivity index (χ0v) is 12.3. The molecule has 0 aliphatic heterocycles. The summed E-state index contributed by atoms with van der Waals surface area (Å²) in [5.41, 5.74) is 5.72. The predicted molar refractivity (Wildman–Crippen MR) is 83.6 cm³/mol. The predicted octanol–water partition coefficient (Wildman–Crippen LogP) is 2.34. The Bertz CT molecular complexity index is 613. The maximum Gasteiger partial charge on any atom is 0.256 e. The maximum atomic E-state index is 12.7. The number of aryl methyl sites for hydroxylation is 1. The fraction of sp³-hybridized carbons (Fsp3) is 0.250. The lowest BCUT2D eigenvalue weighted by Crippen LogP contribution is -2.31. The molecule has 0 saturated heterocycles. The Morgan fingerprint density at radius 1 is 1.33 bits per heavy atom. The van der Waals surface area contributed by atoms with Gasteiger partial charge in [0.05, 0.1) is 23.5 Å². The number of hydrogen-bond acceptors (Lipinski definition) is 4. The molecule has 5 heteroatoms. The fourth-order valence-corrected chi connectivity index (χ4v) is 2.15. The minimum absolute atomic E-state index is 0.0592. The first-order valence-electron chi connectivity index (χ1n) is 6.92. The standard InChI is InChI=1S/C16H20N4O/c1-3-20(11-13-6-4-5-9-18-13)16(21)14-8-7-12(2)10-15(14)19-17/h4-10,19H,3,11,17H2,1-2H3. The van der Waals surface area contributed by atoms with Gasteiger partial charge in [0.2, 0.25) is 0 Å². The first-order valence-corrected chi connectivity index (χ1v) is 6.92. The molecule has 110 valence electrons. The molecule has 0 aliphatic rings. The molecule has 0 spiro atoms. The van der Waals surface area contributed by atoms with Crippen molar-refractivity contribution in [3.8, 4) is 0 Å². The Labute approximate surface area is 124 Å². The molecule has 0 fully saturated rings. The highest BCUT2D eigenvalue weighted by atomic mass is 16.2. The SMILES string of the molecule is CCN(Cc1ccccn1)C(=O)c1ccc(C)cc1NN. The van der Waals surface area contributed by atoms with Crippen LogP contribution in [-0.2, 0) is 6.54 Å². The van der Waals surface area contributed by atoms with Gasteiger partial charge in [0.25, 0.3) is 5.91 Å². The molecule has 5 nitrogen and oxygen atoms in total. The van der Waals surface area contributed by atoms with Gasteiger partial charge in [-0.25, -0.2) is 0 Å². The number of amides is 1. The number of nitrogens with two attached hydrogens (primary N) is 1. The maximum absolute atomic E-state index is 12.7. The number of rotatable bonds is 5. The monoisotopic (exact) mass is 284 g/mol. The van der Waals surface area contributed by atoms with Crippen molar-refractivity contribution in [1.82, 2.24) is 9.88 Å². The van der Waals surface area contributed by atoms with E-state index in [0.29, 0.717) is 24.3 Å². The van der Waals surface area contributed by atoms with E-state index < -0.39 is 0 Å². The fourth-order valence-electron chi connectivity index (χ4n) is 2.15. The van der Waals surface area contributed by atoms with E-state index in [-0.39, 0.29) is 5.91 Å². The van der Waals surface area contributed by atoms with E-state index in [4.69, 9.17) is 5.84 Å². The number of anilines is 1. The van der Waals surface area contributed by atoms with Crippen LogP contribution < -0.4 is 11.3 Å². The molecular weight excluding hydrogens is 264 g/mol. The Balaban J connectivity index is 2.24. The van der Waals surface area contributed by atoms with Crippen LogP contribution in [0, 0.1) is 6.92 Å². The van der Waals surface area contributed by atoms with E-state index in [1.165, 1.54) is 0 Å². The van der Waals surface area contributed by atoms with Crippen LogP contribution in [0.4, 0.5) is 5.69 Å². The number of aromatic nitrogens is 1. The highest BCUT2D eigenvalue weighted by molar-refractivity contribution is 5.99. The van der Waals surface area contributed by atoms with Crippen molar-refractivity contribution in [3.63, 3.8) is 0 Å². The first-order chi connectivity index (χ1) is 10.2.